The number of nitrogens with one attached hydrogen (secondary N) is 3. The molecule has 0 spiro atoms. The minimum Gasteiger partial charge on any atom is -0.344 e. The lowest BCUT2D eigenvalue weighted by Gasteiger charge is -2.28. The highest BCUT2D eigenvalue weighted by atomic mass is 32.2. The molecule has 3 rings (SSSR count). The SMILES string of the molecule is O=S1(=O)CC[C@@H](CN[C@H]2Nc3ccccc3NO2)C1. The van der Waals surface area contributed by atoms with Crippen molar-refractivity contribution in [2.75, 3.05) is 28.8 Å². The van der Waals surface area contributed by atoms with Crippen LogP contribution in [0.3, 0.4) is 0 Å². The number of anilines is 2. The minimum absolute atomic E-state index is 0.174. The monoisotopic (exact) mass is 283 g/mol. The van der Waals surface area contributed by atoms with Crippen molar-refractivity contribution in [2.45, 2.75) is 12.8 Å². The van der Waals surface area contributed by atoms with Gasteiger partial charge in [0.25, 0.3) is 0 Å². The highest BCUT2D eigenvalue weighted by molar-refractivity contribution is 7.91. The highest BCUT2D eigenvalue weighted by Crippen LogP contribution is 2.25. The summed E-state index contributed by atoms with van der Waals surface area (Å²) in [6.07, 6.45) is 0.379. The van der Waals surface area contributed by atoms with Gasteiger partial charge in [0.1, 0.15) is 0 Å². The first-order valence-electron chi connectivity index (χ1n) is 6.33. The Labute approximate surface area is 112 Å². The Balaban J connectivity index is 1.53. The van der Waals surface area contributed by atoms with Gasteiger partial charge in [-0.3, -0.25) is 10.8 Å². The summed E-state index contributed by atoms with van der Waals surface area (Å²) in [4.78, 5) is 5.39. The van der Waals surface area contributed by atoms with Gasteiger partial charge in [0.2, 0.25) is 6.35 Å². The second kappa shape index (κ2) is 4.99. The number of benzene rings is 1. The van der Waals surface area contributed by atoms with E-state index in [0.717, 1.165) is 17.8 Å². The minimum atomic E-state index is -2.81. The first-order valence-corrected chi connectivity index (χ1v) is 8.15. The van der Waals surface area contributed by atoms with E-state index in [0.29, 0.717) is 12.3 Å². The highest BCUT2D eigenvalue weighted by Gasteiger charge is 2.28. The molecule has 19 heavy (non-hydrogen) atoms. The molecule has 0 unspecified atom stereocenters. The zero-order valence-corrected chi connectivity index (χ0v) is 11.2. The summed E-state index contributed by atoms with van der Waals surface area (Å²) in [6, 6.07) is 7.75. The lowest BCUT2D eigenvalue weighted by Crippen LogP contribution is -2.44. The van der Waals surface area contributed by atoms with Crippen LogP contribution in [-0.4, -0.2) is 32.8 Å². The molecule has 2 aliphatic heterocycles. The summed E-state index contributed by atoms with van der Waals surface area (Å²) in [5, 5.41) is 6.38. The normalized spacial score (nSPS) is 28.2. The fourth-order valence-corrected chi connectivity index (χ4v) is 4.25. The van der Waals surface area contributed by atoms with Crippen molar-refractivity contribution in [3.63, 3.8) is 0 Å². The molecule has 3 N–H and O–H groups in total. The van der Waals surface area contributed by atoms with Crippen LogP contribution < -0.4 is 16.1 Å². The Morgan fingerprint density at radius 3 is 2.84 bits per heavy atom. The van der Waals surface area contributed by atoms with Crippen molar-refractivity contribution in [3.05, 3.63) is 24.3 Å². The molecule has 7 heteroatoms. The van der Waals surface area contributed by atoms with E-state index in [1.807, 2.05) is 24.3 Å². The molecule has 0 aliphatic carbocycles. The molecule has 2 aliphatic rings. The van der Waals surface area contributed by atoms with Crippen LogP contribution in [0.5, 0.6) is 0 Å². The predicted octanol–water partition coefficient (Wildman–Crippen LogP) is 0.763. The lowest BCUT2D eigenvalue weighted by atomic mass is 10.1. The third-order valence-corrected chi connectivity index (χ3v) is 5.26. The predicted molar refractivity (Wildman–Crippen MR) is 73.3 cm³/mol. The van der Waals surface area contributed by atoms with Crippen LogP contribution in [0.15, 0.2) is 24.3 Å². The van der Waals surface area contributed by atoms with E-state index < -0.39 is 9.84 Å². The standard InChI is InChI=1S/C12H17N3O3S/c16-19(17)6-5-9(8-19)7-13-12-14-10-3-1-2-4-11(10)15-18-12/h1-4,9,12-15H,5-8H2/t9-,12-/m0/s1. The largest absolute Gasteiger partial charge is 0.344 e. The quantitative estimate of drug-likeness (QED) is 0.760. The van der Waals surface area contributed by atoms with Gasteiger partial charge in [0.15, 0.2) is 9.84 Å². The first kappa shape index (κ1) is 12.7. The average Bonchev–Trinajstić information content (AvgIpc) is 2.76. The van der Waals surface area contributed by atoms with Gasteiger partial charge < -0.3 is 5.32 Å². The number of hydrogen-bond donors (Lipinski definition) is 3. The van der Waals surface area contributed by atoms with E-state index in [1.54, 1.807) is 0 Å². The Hall–Kier alpha value is -1.31. The van der Waals surface area contributed by atoms with Crippen molar-refractivity contribution in [1.29, 1.82) is 0 Å². The summed E-state index contributed by atoms with van der Waals surface area (Å²) in [5.74, 6) is 0.753. The molecule has 0 radical (unpaired) electrons. The maximum Gasteiger partial charge on any atom is 0.209 e. The Bertz CT molecular complexity index is 561. The van der Waals surface area contributed by atoms with Crippen LogP contribution in [0.4, 0.5) is 11.4 Å². The molecule has 2 heterocycles. The number of sulfone groups is 1. The topological polar surface area (TPSA) is 79.5 Å². The molecule has 0 bridgehead atoms. The molecular formula is C12H17N3O3S. The molecule has 104 valence electrons. The molecule has 0 aromatic heterocycles. The van der Waals surface area contributed by atoms with E-state index in [2.05, 4.69) is 16.1 Å². The summed E-state index contributed by atoms with van der Waals surface area (Å²) in [5.41, 5.74) is 4.72. The van der Waals surface area contributed by atoms with E-state index in [9.17, 15) is 8.42 Å². The van der Waals surface area contributed by atoms with Gasteiger partial charge in [-0.2, -0.15) is 0 Å². The Kier molecular flexibility index (Phi) is 3.34. The van der Waals surface area contributed by atoms with Gasteiger partial charge >= 0.3 is 0 Å². The molecule has 1 fully saturated rings. The molecule has 2 atom stereocenters. The zero-order valence-electron chi connectivity index (χ0n) is 10.4. The second-order valence-corrected chi connectivity index (χ2v) is 7.20. The first-order chi connectivity index (χ1) is 9.12. The smallest absolute Gasteiger partial charge is 0.209 e. The average molecular weight is 283 g/mol. The van der Waals surface area contributed by atoms with Crippen LogP contribution >= 0.6 is 0 Å². The summed E-state index contributed by atoms with van der Waals surface area (Å²) >= 11 is 0. The summed E-state index contributed by atoms with van der Waals surface area (Å²) in [6.45, 7) is 0.626. The molecule has 1 saturated heterocycles. The van der Waals surface area contributed by atoms with Gasteiger partial charge in [-0.1, -0.05) is 12.1 Å². The molecule has 6 nitrogen and oxygen atoms in total. The van der Waals surface area contributed by atoms with Crippen molar-refractivity contribution < 1.29 is 13.3 Å². The molecule has 0 saturated carbocycles. The third kappa shape index (κ3) is 2.99. The van der Waals surface area contributed by atoms with Crippen LogP contribution in [0.2, 0.25) is 0 Å². The molecular weight excluding hydrogens is 266 g/mol. The van der Waals surface area contributed by atoms with Gasteiger partial charge in [-0.25, -0.2) is 13.3 Å². The van der Waals surface area contributed by atoms with Crippen molar-refractivity contribution in [3.8, 4) is 0 Å². The number of hydrogen-bond acceptors (Lipinski definition) is 6. The number of para-hydroxylation sites is 2. The van der Waals surface area contributed by atoms with E-state index >= 15 is 0 Å². The van der Waals surface area contributed by atoms with E-state index in [1.165, 1.54) is 0 Å². The molecule has 0 amide bonds. The number of fused-ring (bicyclic) bond motifs is 1. The number of rotatable bonds is 3. The maximum atomic E-state index is 11.4. The van der Waals surface area contributed by atoms with Crippen LogP contribution in [-0.2, 0) is 14.7 Å². The fraction of sp³-hybridized carbons (Fsp3) is 0.500. The zero-order chi connectivity index (χ0) is 13.3. The van der Waals surface area contributed by atoms with Crippen molar-refractivity contribution in [1.82, 2.24) is 5.32 Å². The van der Waals surface area contributed by atoms with Crippen LogP contribution in [0.1, 0.15) is 6.42 Å². The fourth-order valence-electron chi connectivity index (χ4n) is 2.39. The summed E-state index contributed by atoms with van der Waals surface area (Å²) < 4.78 is 22.7. The van der Waals surface area contributed by atoms with Crippen molar-refractivity contribution >= 4 is 21.2 Å². The van der Waals surface area contributed by atoms with Gasteiger partial charge in [-0.05, 0) is 24.5 Å². The van der Waals surface area contributed by atoms with Gasteiger partial charge in [0, 0.05) is 6.54 Å². The van der Waals surface area contributed by atoms with Gasteiger partial charge in [-0.15, -0.1) is 0 Å². The van der Waals surface area contributed by atoms with Crippen LogP contribution in [0.25, 0.3) is 0 Å². The Morgan fingerprint density at radius 2 is 2.11 bits per heavy atom. The summed E-state index contributed by atoms with van der Waals surface area (Å²) in [7, 11) is -2.81. The second-order valence-electron chi connectivity index (χ2n) is 4.97. The van der Waals surface area contributed by atoms with Crippen molar-refractivity contribution in [2.24, 2.45) is 5.92 Å². The van der Waals surface area contributed by atoms with E-state index in [4.69, 9.17) is 4.84 Å². The van der Waals surface area contributed by atoms with E-state index in [-0.39, 0.29) is 18.0 Å². The third-order valence-electron chi connectivity index (χ3n) is 3.42. The maximum absolute atomic E-state index is 11.4. The lowest BCUT2D eigenvalue weighted by molar-refractivity contribution is 0.0850. The Morgan fingerprint density at radius 1 is 1.32 bits per heavy atom. The molecule has 1 aromatic carbocycles. The van der Waals surface area contributed by atoms with Crippen LogP contribution in [0, 0.1) is 5.92 Å². The van der Waals surface area contributed by atoms with Gasteiger partial charge in [0.05, 0.1) is 22.9 Å². The molecule has 1 aromatic rings.